The molecule has 0 aliphatic rings. The van der Waals surface area contributed by atoms with E-state index in [1.54, 1.807) is 6.33 Å². The van der Waals surface area contributed by atoms with Crippen molar-refractivity contribution in [1.82, 2.24) is 24.3 Å². The van der Waals surface area contributed by atoms with Gasteiger partial charge in [0.1, 0.15) is 6.33 Å². The fraction of sp³-hybridized carbons (Fsp3) is 0.0294. The third-order valence-electron chi connectivity index (χ3n) is 6.98. The summed E-state index contributed by atoms with van der Waals surface area (Å²) in [5.41, 5.74) is 9.17. The van der Waals surface area contributed by atoms with Gasteiger partial charge in [-0.3, -0.25) is 14.6 Å². The van der Waals surface area contributed by atoms with Gasteiger partial charge in [0, 0.05) is 42.4 Å². The Hall–Kier alpha value is -4.64. The predicted octanol–water partition coefficient (Wildman–Crippen LogP) is 7.71. The van der Waals surface area contributed by atoms with E-state index in [2.05, 4.69) is 95.6 Å². The number of aryl methyl sites for hydroxylation is 1. The summed E-state index contributed by atoms with van der Waals surface area (Å²) >= 11 is 0. The van der Waals surface area contributed by atoms with Crippen molar-refractivity contribution in [2.24, 2.45) is 0 Å². The van der Waals surface area contributed by atoms with Gasteiger partial charge < -0.3 is 4.57 Å². The number of fused-ring (bicyclic) bond motifs is 1. The zero-order chi connectivity index (χ0) is 26.2. The van der Waals surface area contributed by atoms with Crippen LogP contribution in [0.3, 0.4) is 0 Å². The molecule has 40 heavy (non-hydrogen) atoms. The van der Waals surface area contributed by atoms with Crippen molar-refractivity contribution in [3.8, 4) is 45.0 Å². The molecule has 0 aliphatic carbocycles. The normalized spacial score (nSPS) is 10.9. The molecule has 0 aliphatic heterocycles. The molecule has 0 unspecified atom stereocenters. The van der Waals surface area contributed by atoms with Crippen LogP contribution in [0.4, 0.5) is 0 Å². The molecule has 2 heterocycles. The number of para-hydroxylation sites is 2. The molecule has 0 fully saturated rings. The fourth-order valence-electron chi connectivity index (χ4n) is 5.23. The van der Waals surface area contributed by atoms with Gasteiger partial charge in [0.2, 0.25) is 0 Å². The van der Waals surface area contributed by atoms with Crippen LogP contribution in [-0.2, 0) is 20.1 Å². The maximum atomic E-state index is 4.79. The Kier molecular flexibility index (Phi) is 6.95. The minimum atomic E-state index is 0. The molecular formula is C34H24IrN5-. The van der Waals surface area contributed by atoms with Crippen molar-refractivity contribution in [3.05, 3.63) is 140 Å². The second-order valence-electron chi connectivity index (χ2n) is 9.38. The molecule has 1 radical (unpaired) electrons. The van der Waals surface area contributed by atoms with E-state index in [9.17, 15) is 0 Å². The quantitative estimate of drug-likeness (QED) is 0.174. The minimum absolute atomic E-state index is 0. The average Bonchev–Trinajstić information content (AvgIpc) is 3.61. The first-order chi connectivity index (χ1) is 19.3. The molecule has 0 amide bonds. The Morgan fingerprint density at radius 3 is 1.93 bits per heavy atom. The van der Waals surface area contributed by atoms with Crippen molar-refractivity contribution in [3.63, 3.8) is 0 Å². The van der Waals surface area contributed by atoms with E-state index in [1.807, 2.05) is 48.0 Å². The summed E-state index contributed by atoms with van der Waals surface area (Å²) in [6, 6.07) is 45.0. The summed E-state index contributed by atoms with van der Waals surface area (Å²) < 4.78 is 4.11. The van der Waals surface area contributed by atoms with Gasteiger partial charge in [-0.2, -0.15) is 5.10 Å². The Bertz CT molecular complexity index is 1850. The van der Waals surface area contributed by atoms with E-state index in [0.29, 0.717) is 0 Å². The second kappa shape index (κ2) is 10.9. The first-order valence-corrected chi connectivity index (χ1v) is 12.9. The van der Waals surface area contributed by atoms with Gasteiger partial charge >= 0.3 is 0 Å². The minimum Gasteiger partial charge on any atom is -0.315 e. The van der Waals surface area contributed by atoms with Crippen LogP contribution in [0.25, 0.3) is 56.0 Å². The molecule has 7 aromatic rings. The molecule has 0 saturated heterocycles. The SMILES string of the molecule is Cc1nc2c[c-]c(-c3ncnn3-c3c(-c4ccccc4)cccc3-c3ccccc3)cc2n1-c1ccccc1.[Ir]. The number of rotatable bonds is 5. The Morgan fingerprint density at radius 1 is 0.700 bits per heavy atom. The second-order valence-corrected chi connectivity index (χ2v) is 9.38. The van der Waals surface area contributed by atoms with Crippen LogP contribution < -0.4 is 0 Å². The molecule has 2 aromatic heterocycles. The summed E-state index contributed by atoms with van der Waals surface area (Å²) in [7, 11) is 0. The molecule has 5 nitrogen and oxygen atoms in total. The summed E-state index contributed by atoms with van der Waals surface area (Å²) in [5.74, 6) is 1.64. The zero-order valence-corrected chi connectivity index (χ0v) is 24.1. The van der Waals surface area contributed by atoms with Crippen molar-refractivity contribution >= 4 is 11.0 Å². The third kappa shape index (κ3) is 4.47. The van der Waals surface area contributed by atoms with Crippen LogP contribution in [0.15, 0.2) is 128 Å². The topological polar surface area (TPSA) is 48.5 Å². The third-order valence-corrected chi connectivity index (χ3v) is 6.98. The zero-order valence-electron chi connectivity index (χ0n) is 21.7. The van der Waals surface area contributed by atoms with Crippen LogP contribution in [-0.4, -0.2) is 24.3 Å². The number of imidazole rings is 1. The van der Waals surface area contributed by atoms with Gasteiger partial charge in [-0.25, -0.2) is 0 Å². The average molecular weight is 695 g/mol. The Balaban J connectivity index is 0.00000289. The van der Waals surface area contributed by atoms with E-state index < -0.39 is 0 Å². The molecule has 7 rings (SSSR count). The molecule has 6 heteroatoms. The summed E-state index contributed by atoms with van der Waals surface area (Å²) in [6.07, 6.45) is 1.61. The molecule has 0 saturated carbocycles. The number of aromatic nitrogens is 5. The standard InChI is InChI=1S/C34H24N5.Ir/c1-24-37-31-21-20-27(22-32(31)38(24)28-16-9-4-10-17-28)34-35-23-36-39(34)33-29(25-12-5-2-6-13-25)18-11-19-30(33)26-14-7-3-8-15-26;/h2-19,21-23H,1H3;/q-1;. The van der Waals surface area contributed by atoms with E-state index >= 15 is 0 Å². The van der Waals surface area contributed by atoms with Gasteiger partial charge in [-0.1, -0.05) is 97.1 Å². The Labute approximate surface area is 246 Å². The summed E-state index contributed by atoms with van der Waals surface area (Å²) in [5, 5.41) is 4.76. The van der Waals surface area contributed by atoms with E-state index in [0.717, 1.165) is 61.9 Å². The van der Waals surface area contributed by atoms with E-state index in [-0.39, 0.29) is 20.1 Å². The summed E-state index contributed by atoms with van der Waals surface area (Å²) in [6.45, 7) is 2.03. The molecule has 0 bridgehead atoms. The van der Waals surface area contributed by atoms with Crippen molar-refractivity contribution in [1.29, 1.82) is 0 Å². The van der Waals surface area contributed by atoms with Gasteiger partial charge in [0.05, 0.1) is 17.3 Å². The van der Waals surface area contributed by atoms with Gasteiger partial charge in [0.25, 0.3) is 0 Å². The molecule has 0 N–H and O–H groups in total. The monoisotopic (exact) mass is 695 g/mol. The summed E-state index contributed by atoms with van der Waals surface area (Å²) in [4.78, 5) is 9.53. The van der Waals surface area contributed by atoms with E-state index in [4.69, 9.17) is 15.1 Å². The van der Waals surface area contributed by atoms with Crippen LogP contribution in [0, 0.1) is 13.0 Å². The van der Waals surface area contributed by atoms with Crippen LogP contribution in [0.2, 0.25) is 0 Å². The molecule has 0 spiro atoms. The first kappa shape index (κ1) is 25.6. The number of nitrogens with zero attached hydrogens (tertiary/aromatic N) is 5. The molecule has 5 aromatic carbocycles. The number of benzene rings is 5. The molecule has 195 valence electrons. The maximum absolute atomic E-state index is 4.79. The van der Waals surface area contributed by atoms with E-state index in [1.165, 1.54) is 0 Å². The molecular weight excluding hydrogens is 671 g/mol. The first-order valence-electron chi connectivity index (χ1n) is 12.9. The largest absolute Gasteiger partial charge is 0.315 e. The van der Waals surface area contributed by atoms with Crippen molar-refractivity contribution in [2.75, 3.05) is 0 Å². The van der Waals surface area contributed by atoms with Gasteiger partial charge in [0.15, 0.2) is 0 Å². The van der Waals surface area contributed by atoms with Crippen molar-refractivity contribution < 1.29 is 20.1 Å². The van der Waals surface area contributed by atoms with Crippen molar-refractivity contribution in [2.45, 2.75) is 6.92 Å². The van der Waals surface area contributed by atoms with Gasteiger partial charge in [-0.15, -0.1) is 23.8 Å². The number of hydrogen-bond donors (Lipinski definition) is 0. The smallest absolute Gasteiger partial charge is 0.127 e. The van der Waals surface area contributed by atoms with Crippen LogP contribution >= 0.6 is 0 Å². The number of hydrogen-bond acceptors (Lipinski definition) is 3. The fourth-order valence-corrected chi connectivity index (χ4v) is 5.23. The van der Waals surface area contributed by atoms with Crippen LogP contribution in [0.1, 0.15) is 5.82 Å². The molecule has 0 atom stereocenters. The van der Waals surface area contributed by atoms with Crippen LogP contribution in [0.5, 0.6) is 0 Å². The Morgan fingerprint density at radius 2 is 1.30 bits per heavy atom. The predicted molar refractivity (Wildman–Crippen MR) is 156 cm³/mol. The van der Waals surface area contributed by atoms with Gasteiger partial charge in [-0.05, 0) is 35.7 Å². The maximum Gasteiger partial charge on any atom is 0.127 e.